The number of rotatable bonds is 8. The summed E-state index contributed by atoms with van der Waals surface area (Å²) in [5.74, 6) is -1.66. The quantitative estimate of drug-likeness (QED) is 0.633. The van der Waals surface area contributed by atoms with Crippen LogP contribution in [0.15, 0.2) is 0 Å². The van der Waals surface area contributed by atoms with Crippen LogP contribution < -0.4 is 5.32 Å². The maximum Gasteiger partial charge on any atom is 0.317 e. The third kappa shape index (κ3) is 7.77. The molecule has 1 unspecified atom stereocenters. The molecule has 0 aliphatic heterocycles. The molecule has 18 heavy (non-hydrogen) atoms. The van der Waals surface area contributed by atoms with Crippen molar-refractivity contribution in [2.24, 2.45) is 5.92 Å². The molecule has 0 aromatic heterocycles. The van der Waals surface area contributed by atoms with Crippen molar-refractivity contribution >= 4 is 12.0 Å². The molecule has 2 amide bonds. The number of nitrogens with one attached hydrogen (secondary N) is 1. The first-order chi connectivity index (χ1) is 8.34. The van der Waals surface area contributed by atoms with E-state index in [1.54, 1.807) is 0 Å². The molecule has 106 valence electrons. The molecule has 8 heteroatoms. The average molecular weight is 268 g/mol. The molecule has 0 rings (SSSR count). The van der Waals surface area contributed by atoms with Crippen molar-refractivity contribution < 1.29 is 28.2 Å². The Hall–Kier alpha value is -1.44. The van der Waals surface area contributed by atoms with Crippen LogP contribution in [-0.4, -0.2) is 61.8 Å². The van der Waals surface area contributed by atoms with E-state index in [1.165, 1.54) is 18.9 Å². The molecule has 1 atom stereocenters. The number of carbonyl (C=O) groups is 2. The summed E-state index contributed by atoms with van der Waals surface area (Å²) in [6, 6.07) is -0.469. The zero-order chi connectivity index (χ0) is 14.1. The number of halogens is 2. The summed E-state index contributed by atoms with van der Waals surface area (Å²) in [6.45, 7) is 0.967. The minimum Gasteiger partial charge on any atom is -0.481 e. The molecule has 0 heterocycles. The number of carboxylic acid groups (broad SMARTS) is 1. The van der Waals surface area contributed by atoms with E-state index >= 15 is 0 Å². The lowest BCUT2D eigenvalue weighted by Crippen LogP contribution is -2.41. The van der Waals surface area contributed by atoms with Crippen molar-refractivity contribution in [3.63, 3.8) is 0 Å². The molecule has 0 aromatic rings. The van der Waals surface area contributed by atoms with E-state index in [0.29, 0.717) is 0 Å². The first kappa shape index (κ1) is 16.6. The second-order valence-corrected chi connectivity index (χ2v) is 3.82. The molecule has 6 nitrogen and oxygen atoms in total. The van der Waals surface area contributed by atoms with Gasteiger partial charge in [-0.15, -0.1) is 0 Å². The highest BCUT2D eigenvalue weighted by molar-refractivity contribution is 5.75. The first-order valence-corrected chi connectivity index (χ1v) is 5.42. The van der Waals surface area contributed by atoms with Crippen molar-refractivity contribution in [2.75, 3.05) is 33.4 Å². The zero-order valence-corrected chi connectivity index (χ0v) is 10.4. The van der Waals surface area contributed by atoms with Gasteiger partial charge in [-0.05, 0) is 0 Å². The Morgan fingerprint density at radius 1 is 1.44 bits per heavy atom. The minimum atomic E-state index is -2.53. The van der Waals surface area contributed by atoms with Crippen LogP contribution in [0.3, 0.4) is 0 Å². The van der Waals surface area contributed by atoms with Gasteiger partial charge in [0.15, 0.2) is 0 Å². The van der Waals surface area contributed by atoms with Gasteiger partial charge in [0.05, 0.1) is 12.5 Å². The smallest absolute Gasteiger partial charge is 0.317 e. The summed E-state index contributed by atoms with van der Waals surface area (Å²) in [5.41, 5.74) is 0. The number of aliphatic carboxylic acids is 1. The summed E-state index contributed by atoms with van der Waals surface area (Å²) in [7, 11) is 1.45. The van der Waals surface area contributed by atoms with Crippen molar-refractivity contribution in [1.29, 1.82) is 0 Å². The number of carbonyl (C=O) groups excluding carboxylic acids is 1. The van der Waals surface area contributed by atoms with Gasteiger partial charge in [-0.25, -0.2) is 13.6 Å². The van der Waals surface area contributed by atoms with Crippen molar-refractivity contribution in [2.45, 2.75) is 13.3 Å². The van der Waals surface area contributed by atoms with Crippen LogP contribution in [0.1, 0.15) is 6.92 Å². The number of amides is 2. The fourth-order valence-corrected chi connectivity index (χ4v) is 1.11. The monoisotopic (exact) mass is 268 g/mol. The van der Waals surface area contributed by atoms with E-state index in [9.17, 15) is 18.4 Å². The third-order valence-corrected chi connectivity index (χ3v) is 2.08. The lowest BCUT2D eigenvalue weighted by Gasteiger charge is -2.19. The van der Waals surface area contributed by atoms with E-state index in [0.717, 1.165) is 0 Å². The molecule has 0 aliphatic rings. The normalized spacial score (nSPS) is 12.3. The van der Waals surface area contributed by atoms with Crippen LogP contribution >= 0.6 is 0 Å². The Kier molecular flexibility index (Phi) is 7.93. The number of hydrogen-bond acceptors (Lipinski definition) is 3. The Morgan fingerprint density at radius 3 is 2.56 bits per heavy atom. The highest BCUT2D eigenvalue weighted by atomic mass is 19.3. The van der Waals surface area contributed by atoms with Crippen LogP contribution in [0.4, 0.5) is 13.6 Å². The lowest BCUT2D eigenvalue weighted by atomic mass is 10.2. The van der Waals surface area contributed by atoms with E-state index in [1.807, 2.05) is 0 Å². The van der Waals surface area contributed by atoms with Gasteiger partial charge in [0.2, 0.25) is 0 Å². The fourth-order valence-electron chi connectivity index (χ4n) is 1.11. The predicted molar refractivity (Wildman–Crippen MR) is 59.7 cm³/mol. The van der Waals surface area contributed by atoms with Crippen LogP contribution in [0.5, 0.6) is 0 Å². The largest absolute Gasteiger partial charge is 0.481 e. The van der Waals surface area contributed by atoms with Gasteiger partial charge in [-0.3, -0.25) is 4.79 Å². The maximum absolute atomic E-state index is 11.7. The summed E-state index contributed by atoms with van der Waals surface area (Å²) in [6.07, 6.45) is -2.53. The molecule has 0 saturated carbocycles. The molecule has 0 fully saturated rings. The number of carboxylic acids is 1. The fraction of sp³-hybridized carbons (Fsp3) is 0.800. The number of alkyl halides is 2. The van der Waals surface area contributed by atoms with E-state index in [4.69, 9.17) is 5.11 Å². The maximum atomic E-state index is 11.7. The number of ether oxygens (including phenoxy) is 1. The Labute approximate surface area is 104 Å². The molecule has 0 radical (unpaired) electrons. The molecule has 2 N–H and O–H groups in total. The summed E-state index contributed by atoms with van der Waals surface area (Å²) in [4.78, 5) is 23.2. The average Bonchev–Trinajstić information content (AvgIpc) is 2.27. The van der Waals surface area contributed by atoms with E-state index < -0.39 is 31.0 Å². The van der Waals surface area contributed by atoms with Crippen LogP contribution in [0.25, 0.3) is 0 Å². The predicted octanol–water partition coefficient (Wildman–Crippen LogP) is 0.630. The standard InChI is InChI=1S/C10H18F2N2O4/c1-7(9(15)16)5-14(2)10(17)13-3-4-18-6-8(11)12/h7-8H,3-6H2,1-2H3,(H,13,17)(H,15,16). The Morgan fingerprint density at radius 2 is 2.06 bits per heavy atom. The third-order valence-electron chi connectivity index (χ3n) is 2.08. The molecular formula is C10H18F2N2O4. The van der Waals surface area contributed by atoms with Gasteiger partial charge >= 0.3 is 12.0 Å². The first-order valence-electron chi connectivity index (χ1n) is 5.42. The highest BCUT2D eigenvalue weighted by Gasteiger charge is 2.16. The van der Waals surface area contributed by atoms with Crippen molar-refractivity contribution in [3.05, 3.63) is 0 Å². The second kappa shape index (κ2) is 8.62. The van der Waals surface area contributed by atoms with Gasteiger partial charge in [-0.1, -0.05) is 6.92 Å². The van der Waals surface area contributed by atoms with Crippen molar-refractivity contribution in [3.8, 4) is 0 Å². The van der Waals surface area contributed by atoms with E-state index in [2.05, 4.69) is 10.1 Å². The molecule has 0 aromatic carbocycles. The number of urea groups is 1. The van der Waals surface area contributed by atoms with Gasteiger partial charge in [-0.2, -0.15) is 0 Å². The Bertz CT molecular complexity index is 277. The van der Waals surface area contributed by atoms with Gasteiger partial charge < -0.3 is 20.1 Å². The minimum absolute atomic E-state index is 0.0155. The van der Waals surface area contributed by atoms with Gasteiger partial charge in [0.25, 0.3) is 6.43 Å². The lowest BCUT2D eigenvalue weighted by molar-refractivity contribution is -0.141. The van der Waals surface area contributed by atoms with E-state index in [-0.39, 0.29) is 19.7 Å². The summed E-state index contributed by atoms with van der Waals surface area (Å²) >= 11 is 0. The molecule has 0 spiro atoms. The zero-order valence-electron chi connectivity index (χ0n) is 10.4. The number of nitrogens with zero attached hydrogens (tertiary/aromatic N) is 1. The SMILES string of the molecule is CC(CN(C)C(=O)NCCOCC(F)F)C(=O)O. The summed E-state index contributed by atoms with van der Waals surface area (Å²) in [5, 5.41) is 11.1. The van der Waals surface area contributed by atoms with Gasteiger partial charge in [0, 0.05) is 20.1 Å². The second-order valence-electron chi connectivity index (χ2n) is 3.82. The van der Waals surface area contributed by atoms with Gasteiger partial charge in [0.1, 0.15) is 6.61 Å². The molecule has 0 saturated heterocycles. The number of hydrogen-bond donors (Lipinski definition) is 2. The summed E-state index contributed by atoms with van der Waals surface area (Å²) < 4.78 is 28.0. The van der Waals surface area contributed by atoms with Crippen LogP contribution in [-0.2, 0) is 9.53 Å². The molecular weight excluding hydrogens is 250 g/mol. The topological polar surface area (TPSA) is 78.9 Å². The van der Waals surface area contributed by atoms with Crippen LogP contribution in [0, 0.1) is 5.92 Å². The van der Waals surface area contributed by atoms with Crippen molar-refractivity contribution in [1.82, 2.24) is 10.2 Å². The van der Waals surface area contributed by atoms with Crippen LogP contribution in [0.2, 0.25) is 0 Å². The highest BCUT2D eigenvalue weighted by Crippen LogP contribution is 1.98. The molecule has 0 bridgehead atoms. The molecule has 0 aliphatic carbocycles. The Balaban J connectivity index is 3.71.